The lowest BCUT2D eigenvalue weighted by Gasteiger charge is -2.05. The fourth-order valence-corrected chi connectivity index (χ4v) is 2.69. The van der Waals surface area contributed by atoms with Gasteiger partial charge in [-0.05, 0) is 44.7 Å². The summed E-state index contributed by atoms with van der Waals surface area (Å²) in [7, 11) is 1.92. The number of rotatable bonds is 3. The molecule has 2 rings (SSSR count). The Hall–Kier alpha value is -1.26. The van der Waals surface area contributed by atoms with Crippen LogP contribution in [-0.4, -0.2) is 12.0 Å². The second-order valence-corrected chi connectivity index (χ2v) is 5.10. The molecular weight excluding hydrogens is 235 g/mol. The smallest absolute Gasteiger partial charge is 0.123 e. The van der Waals surface area contributed by atoms with Crippen molar-refractivity contribution in [2.24, 2.45) is 0 Å². The molecule has 0 radical (unpaired) electrons. The first-order valence-electron chi connectivity index (χ1n) is 5.51. The van der Waals surface area contributed by atoms with E-state index in [-0.39, 0.29) is 5.82 Å². The summed E-state index contributed by atoms with van der Waals surface area (Å²) in [4.78, 5) is 5.59. The van der Waals surface area contributed by atoms with Crippen molar-refractivity contribution in [2.45, 2.75) is 19.9 Å². The quantitative estimate of drug-likeness (QED) is 0.901. The van der Waals surface area contributed by atoms with Crippen molar-refractivity contribution in [1.82, 2.24) is 10.3 Å². The Bertz CT molecular complexity index is 522. The van der Waals surface area contributed by atoms with Crippen LogP contribution in [0, 0.1) is 12.7 Å². The first-order valence-corrected chi connectivity index (χ1v) is 6.33. The average Bonchev–Trinajstić information content (AvgIpc) is 2.77. The molecule has 0 spiro atoms. The highest BCUT2D eigenvalue weighted by Gasteiger charge is 2.11. The Kier molecular flexibility index (Phi) is 3.54. The molecule has 0 amide bonds. The third kappa shape index (κ3) is 2.53. The predicted molar refractivity (Wildman–Crippen MR) is 69.7 cm³/mol. The number of hydrogen-bond donors (Lipinski definition) is 1. The molecule has 2 aromatic rings. The molecule has 1 atom stereocenters. The number of aryl methyl sites for hydroxylation is 1. The lowest BCUT2D eigenvalue weighted by molar-refractivity contribution is 0.627. The van der Waals surface area contributed by atoms with Gasteiger partial charge in [-0.25, -0.2) is 9.37 Å². The van der Waals surface area contributed by atoms with E-state index in [1.54, 1.807) is 17.4 Å². The van der Waals surface area contributed by atoms with Crippen LogP contribution in [0.25, 0.3) is 10.6 Å². The molecule has 0 aliphatic heterocycles. The SMILES string of the molecule is CNC(C)c1cnc(-c2ccc(F)cc2C)s1. The van der Waals surface area contributed by atoms with Gasteiger partial charge in [-0.15, -0.1) is 11.3 Å². The Balaban J connectivity index is 2.37. The predicted octanol–water partition coefficient (Wildman–Crippen LogP) is 3.54. The van der Waals surface area contributed by atoms with Gasteiger partial charge in [0.15, 0.2) is 0 Å². The summed E-state index contributed by atoms with van der Waals surface area (Å²) in [6, 6.07) is 5.10. The minimum atomic E-state index is -0.202. The van der Waals surface area contributed by atoms with Crippen LogP contribution in [0.5, 0.6) is 0 Å². The van der Waals surface area contributed by atoms with E-state index in [0.29, 0.717) is 6.04 Å². The number of aromatic nitrogens is 1. The van der Waals surface area contributed by atoms with E-state index in [1.807, 2.05) is 20.2 Å². The zero-order valence-electron chi connectivity index (χ0n) is 10.1. The normalized spacial score (nSPS) is 12.7. The highest BCUT2D eigenvalue weighted by molar-refractivity contribution is 7.15. The summed E-state index contributed by atoms with van der Waals surface area (Å²) in [6.45, 7) is 4.00. The van der Waals surface area contributed by atoms with E-state index in [9.17, 15) is 4.39 Å². The molecule has 1 unspecified atom stereocenters. The third-order valence-electron chi connectivity index (χ3n) is 2.80. The van der Waals surface area contributed by atoms with Gasteiger partial charge in [0, 0.05) is 22.7 Å². The maximum absolute atomic E-state index is 13.0. The van der Waals surface area contributed by atoms with Crippen LogP contribution in [0.15, 0.2) is 24.4 Å². The molecule has 0 fully saturated rings. The highest BCUT2D eigenvalue weighted by atomic mass is 32.1. The summed E-state index contributed by atoms with van der Waals surface area (Å²) in [5, 5.41) is 4.12. The minimum absolute atomic E-state index is 0.202. The van der Waals surface area contributed by atoms with E-state index in [0.717, 1.165) is 16.1 Å². The largest absolute Gasteiger partial charge is 0.312 e. The van der Waals surface area contributed by atoms with Gasteiger partial charge in [-0.2, -0.15) is 0 Å². The van der Waals surface area contributed by atoms with Crippen LogP contribution >= 0.6 is 11.3 Å². The molecule has 4 heteroatoms. The fourth-order valence-electron chi connectivity index (χ4n) is 1.62. The van der Waals surface area contributed by atoms with Crippen LogP contribution in [0.2, 0.25) is 0 Å². The number of thiazole rings is 1. The average molecular weight is 250 g/mol. The van der Waals surface area contributed by atoms with E-state index in [4.69, 9.17) is 0 Å². The zero-order chi connectivity index (χ0) is 12.4. The van der Waals surface area contributed by atoms with Crippen molar-refractivity contribution in [2.75, 3.05) is 7.05 Å². The molecule has 17 heavy (non-hydrogen) atoms. The van der Waals surface area contributed by atoms with Crippen LogP contribution in [0.1, 0.15) is 23.4 Å². The minimum Gasteiger partial charge on any atom is -0.312 e. The van der Waals surface area contributed by atoms with Gasteiger partial charge < -0.3 is 5.32 Å². The van der Waals surface area contributed by atoms with Crippen LogP contribution in [0.3, 0.4) is 0 Å². The number of nitrogens with zero attached hydrogens (tertiary/aromatic N) is 1. The standard InChI is InChI=1S/C13H15FN2S/c1-8-6-10(14)4-5-11(8)13-16-7-12(17-13)9(2)15-3/h4-7,9,15H,1-3H3. The monoisotopic (exact) mass is 250 g/mol. The first kappa shape index (κ1) is 12.2. The van der Waals surface area contributed by atoms with E-state index in [1.165, 1.54) is 17.0 Å². The Morgan fingerprint density at radius 1 is 1.41 bits per heavy atom. The van der Waals surface area contributed by atoms with E-state index >= 15 is 0 Å². The van der Waals surface area contributed by atoms with E-state index in [2.05, 4.69) is 17.2 Å². The number of nitrogens with one attached hydrogen (secondary N) is 1. The molecule has 1 heterocycles. The molecule has 2 nitrogen and oxygen atoms in total. The Morgan fingerprint density at radius 3 is 2.82 bits per heavy atom. The van der Waals surface area contributed by atoms with Crippen molar-refractivity contribution in [3.63, 3.8) is 0 Å². The fraction of sp³-hybridized carbons (Fsp3) is 0.308. The number of hydrogen-bond acceptors (Lipinski definition) is 3. The van der Waals surface area contributed by atoms with Gasteiger partial charge in [-0.1, -0.05) is 0 Å². The van der Waals surface area contributed by atoms with E-state index < -0.39 is 0 Å². The van der Waals surface area contributed by atoms with Crippen LogP contribution in [-0.2, 0) is 0 Å². The summed E-state index contributed by atoms with van der Waals surface area (Å²) in [5.41, 5.74) is 1.92. The Labute approximate surface area is 105 Å². The maximum Gasteiger partial charge on any atom is 0.123 e. The molecule has 0 aliphatic rings. The summed E-state index contributed by atoms with van der Waals surface area (Å²) in [5.74, 6) is -0.202. The van der Waals surface area contributed by atoms with Crippen LogP contribution in [0.4, 0.5) is 4.39 Å². The second-order valence-electron chi connectivity index (χ2n) is 4.04. The molecule has 1 N–H and O–H groups in total. The van der Waals surface area contributed by atoms with Gasteiger partial charge in [0.2, 0.25) is 0 Å². The van der Waals surface area contributed by atoms with Crippen molar-refractivity contribution in [3.8, 4) is 10.6 Å². The molecular formula is C13H15FN2S. The Morgan fingerprint density at radius 2 is 2.18 bits per heavy atom. The molecule has 0 saturated heterocycles. The van der Waals surface area contributed by atoms with Crippen molar-refractivity contribution in [3.05, 3.63) is 40.7 Å². The van der Waals surface area contributed by atoms with Crippen LogP contribution < -0.4 is 5.32 Å². The molecule has 0 saturated carbocycles. The second kappa shape index (κ2) is 4.94. The van der Waals surface area contributed by atoms with Gasteiger partial charge in [0.05, 0.1) is 0 Å². The third-order valence-corrected chi connectivity index (χ3v) is 4.02. The topological polar surface area (TPSA) is 24.9 Å². The summed E-state index contributed by atoms with van der Waals surface area (Å²) >= 11 is 1.64. The summed E-state index contributed by atoms with van der Waals surface area (Å²) < 4.78 is 13.0. The van der Waals surface area contributed by atoms with Gasteiger partial charge in [0.25, 0.3) is 0 Å². The molecule has 0 bridgehead atoms. The van der Waals surface area contributed by atoms with Gasteiger partial charge in [0.1, 0.15) is 10.8 Å². The first-order chi connectivity index (χ1) is 8.11. The summed E-state index contributed by atoms with van der Waals surface area (Å²) in [6.07, 6.45) is 1.88. The molecule has 1 aromatic heterocycles. The number of halogens is 1. The molecule has 90 valence electrons. The lowest BCUT2D eigenvalue weighted by Crippen LogP contribution is -2.10. The number of benzene rings is 1. The molecule has 1 aromatic carbocycles. The maximum atomic E-state index is 13.0. The van der Waals surface area contributed by atoms with Crippen molar-refractivity contribution < 1.29 is 4.39 Å². The molecule has 0 aliphatic carbocycles. The van der Waals surface area contributed by atoms with Gasteiger partial charge in [-0.3, -0.25) is 0 Å². The zero-order valence-corrected chi connectivity index (χ0v) is 10.9. The van der Waals surface area contributed by atoms with Crippen molar-refractivity contribution in [1.29, 1.82) is 0 Å². The van der Waals surface area contributed by atoms with Gasteiger partial charge >= 0.3 is 0 Å². The lowest BCUT2D eigenvalue weighted by atomic mass is 10.1. The van der Waals surface area contributed by atoms with Crippen molar-refractivity contribution >= 4 is 11.3 Å². The highest BCUT2D eigenvalue weighted by Crippen LogP contribution is 2.30.